The van der Waals surface area contributed by atoms with Gasteiger partial charge in [-0.2, -0.15) is 0 Å². The van der Waals surface area contributed by atoms with Gasteiger partial charge >= 0.3 is 0 Å². The number of nitrogens with one attached hydrogen (secondary N) is 1. The third-order valence-corrected chi connectivity index (χ3v) is 1.73. The minimum Gasteiger partial charge on any atom is -0.292 e. The Balaban J connectivity index is 3.15. The Morgan fingerprint density at radius 3 is 2.80 bits per heavy atom. The molecule has 0 atom stereocenters. The van der Waals surface area contributed by atoms with Crippen LogP contribution in [0.1, 0.15) is 5.69 Å². The molecule has 0 unspecified atom stereocenters. The Morgan fingerprint density at radius 2 is 2.40 bits per heavy atom. The third kappa shape index (κ3) is 1.58. The summed E-state index contributed by atoms with van der Waals surface area (Å²) in [5, 5.41) is 7.18. The molecule has 0 aliphatic rings. The molecule has 1 N–H and O–H groups in total. The summed E-state index contributed by atoms with van der Waals surface area (Å²) in [6, 6.07) is 3.57. The number of thiol groups is 1. The number of hydrogen-bond acceptors (Lipinski definition) is 3. The monoisotopic (exact) mass is 216 g/mol. The predicted octanol–water partition coefficient (Wildman–Crippen LogP) is 2.09. The first-order valence-corrected chi connectivity index (χ1v) is 3.84. The van der Waals surface area contributed by atoms with Crippen LogP contribution in [-0.4, -0.2) is 9.60 Å². The fourth-order valence-electron chi connectivity index (χ4n) is 0.566. The van der Waals surface area contributed by atoms with E-state index in [0.29, 0.717) is 10.6 Å². The van der Waals surface area contributed by atoms with E-state index in [1.807, 2.05) is 0 Å². The van der Waals surface area contributed by atoms with Crippen LogP contribution in [0.4, 0.5) is 0 Å². The Hall–Kier alpha value is -0.350. The van der Waals surface area contributed by atoms with Crippen molar-refractivity contribution in [2.45, 2.75) is 4.90 Å². The molecule has 0 saturated heterocycles. The van der Waals surface area contributed by atoms with E-state index < -0.39 is 0 Å². The molecule has 1 aromatic heterocycles. The number of aromatic nitrogens is 1. The Labute approximate surface area is 72.7 Å². The Bertz CT molecular complexity index is 262. The summed E-state index contributed by atoms with van der Waals surface area (Å²) in [7, 11) is 0. The summed E-state index contributed by atoms with van der Waals surface area (Å²) < 4.78 is 0.262. The summed E-state index contributed by atoms with van der Waals surface area (Å²) in [6.45, 7) is 0. The quantitative estimate of drug-likeness (QED) is 0.548. The maximum Gasteiger partial charge on any atom is 0.124 e. The summed E-state index contributed by atoms with van der Waals surface area (Å²) in [5.74, 6) is 0. The van der Waals surface area contributed by atoms with E-state index in [2.05, 4.69) is 33.5 Å². The zero-order chi connectivity index (χ0) is 7.56. The van der Waals surface area contributed by atoms with Crippen molar-refractivity contribution in [3.63, 3.8) is 0 Å². The van der Waals surface area contributed by atoms with Gasteiger partial charge in [0.2, 0.25) is 0 Å². The lowest BCUT2D eigenvalue weighted by Crippen LogP contribution is -1.93. The van der Waals surface area contributed by atoms with E-state index in [4.69, 9.17) is 5.41 Å². The van der Waals surface area contributed by atoms with E-state index in [1.54, 1.807) is 18.3 Å². The second-order valence-corrected chi connectivity index (χ2v) is 2.96. The summed E-state index contributed by atoms with van der Waals surface area (Å²) in [6.07, 6.45) is 1.63. The normalized spacial score (nSPS) is 9.40. The number of rotatable bonds is 1. The summed E-state index contributed by atoms with van der Waals surface area (Å²) in [5.41, 5.74) is 0.575. The van der Waals surface area contributed by atoms with Crippen LogP contribution < -0.4 is 0 Å². The van der Waals surface area contributed by atoms with Crippen LogP contribution in [0.2, 0.25) is 0 Å². The van der Waals surface area contributed by atoms with Gasteiger partial charge in [-0.15, -0.1) is 12.6 Å². The van der Waals surface area contributed by atoms with E-state index in [0.717, 1.165) is 0 Å². The van der Waals surface area contributed by atoms with Crippen LogP contribution in [-0.2, 0) is 0 Å². The molecule has 1 heterocycles. The van der Waals surface area contributed by atoms with Gasteiger partial charge in [-0.3, -0.25) is 10.4 Å². The van der Waals surface area contributed by atoms with Crippen LogP contribution >= 0.6 is 28.6 Å². The van der Waals surface area contributed by atoms with Gasteiger partial charge in [0.05, 0.1) is 0 Å². The van der Waals surface area contributed by atoms with E-state index in [1.165, 1.54) is 0 Å². The minimum atomic E-state index is 0.262. The van der Waals surface area contributed by atoms with Gasteiger partial charge in [-0.1, -0.05) is 0 Å². The van der Waals surface area contributed by atoms with Gasteiger partial charge in [0.1, 0.15) is 10.3 Å². The van der Waals surface area contributed by atoms with Crippen LogP contribution in [0.15, 0.2) is 23.2 Å². The fourth-order valence-corrected chi connectivity index (χ4v) is 1.29. The van der Waals surface area contributed by atoms with E-state index in [-0.39, 0.29) is 4.62 Å². The number of nitrogens with zero attached hydrogens (tertiary/aromatic N) is 1. The molecule has 10 heavy (non-hydrogen) atoms. The SMILES string of the molecule is N=C(Br)c1ncccc1S. The van der Waals surface area contributed by atoms with Gasteiger partial charge in [0, 0.05) is 11.1 Å². The molecule has 0 aliphatic heterocycles. The first kappa shape index (κ1) is 7.75. The van der Waals surface area contributed by atoms with E-state index in [9.17, 15) is 0 Å². The van der Waals surface area contributed by atoms with Crippen molar-refractivity contribution in [1.82, 2.24) is 4.98 Å². The smallest absolute Gasteiger partial charge is 0.124 e. The molecule has 0 bridgehead atoms. The first-order valence-electron chi connectivity index (χ1n) is 2.60. The van der Waals surface area contributed by atoms with Gasteiger partial charge in [0.15, 0.2) is 0 Å². The highest BCUT2D eigenvalue weighted by Crippen LogP contribution is 2.12. The molecule has 1 rings (SSSR count). The maximum atomic E-state index is 7.18. The standard InChI is InChI=1S/C6H5BrN2S/c7-6(8)5-4(10)2-1-3-9-5/h1-3,8,10H. The third-order valence-electron chi connectivity index (χ3n) is 0.994. The van der Waals surface area contributed by atoms with Crippen molar-refractivity contribution in [3.8, 4) is 0 Å². The average Bonchev–Trinajstić information content (AvgIpc) is 1.88. The molecule has 1 aromatic rings. The number of pyridine rings is 1. The largest absolute Gasteiger partial charge is 0.292 e. The van der Waals surface area contributed by atoms with Crippen molar-refractivity contribution >= 4 is 33.2 Å². The number of halogens is 1. The highest BCUT2D eigenvalue weighted by Gasteiger charge is 2.00. The fraction of sp³-hybridized carbons (Fsp3) is 0. The highest BCUT2D eigenvalue weighted by molar-refractivity contribution is 9.18. The van der Waals surface area contributed by atoms with Crippen molar-refractivity contribution < 1.29 is 0 Å². The molecular weight excluding hydrogens is 212 g/mol. The van der Waals surface area contributed by atoms with Gasteiger partial charge in [-0.25, -0.2) is 0 Å². The van der Waals surface area contributed by atoms with Crippen LogP contribution in [0.3, 0.4) is 0 Å². The van der Waals surface area contributed by atoms with Crippen LogP contribution in [0, 0.1) is 5.41 Å². The predicted molar refractivity (Wildman–Crippen MR) is 47.2 cm³/mol. The van der Waals surface area contributed by atoms with Crippen LogP contribution in [0.5, 0.6) is 0 Å². The molecule has 0 aliphatic carbocycles. The molecular formula is C6H5BrN2S. The molecule has 4 heteroatoms. The molecule has 0 saturated carbocycles. The second kappa shape index (κ2) is 3.16. The molecule has 0 amide bonds. The minimum absolute atomic E-state index is 0.262. The van der Waals surface area contributed by atoms with Gasteiger partial charge < -0.3 is 0 Å². The van der Waals surface area contributed by atoms with Crippen molar-refractivity contribution in [2.75, 3.05) is 0 Å². The lowest BCUT2D eigenvalue weighted by molar-refractivity contribution is 1.21. The van der Waals surface area contributed by atoms with Gasteiger partial charge in [0.25, 0.3) is 0 Å². The van der Waals surface area contributed by atoms with Crippen LogP contribution in [0.25, 0.3) is 0 Å². The maximum absolute atomic E-state index is 7.18. The molecule has 0 fully saturated rings. The number of hydrogen-bond donors (Lipinski definition) is 2. The van der Waals surface area contributed by atoms with E-state index >= 15 is 0 Å². The van der Waals surface area contributed by atoms with Crippen molar-refractivity contribution in [3.05, 3.63) is 24.0 Å². The topological polar surface area (TPSA) is 36.7 Å². The molecule has 0 aromatic carbocycles. The summed E-state index contributed by atoms with van der Waals surface area (Å²) >= 11 is 7.11. The Morgan fingerprint density at radius 1 is 1.70 bits per heavy atom. The highest BCUT2D eigenvalue weighted by atomic mass is 79.9. The summed E-state index contributed by atoms with van der Waals surface area (Å²) in [4.78, 5) is 4.64. The second-order valence-electron chi connectivity index (χ2n) is 1.69. The van der Waals surface area contributed by atoms with Crippen molar-refractivity contribution in [1.29, 1.82) is 5.41 Å². The van der Waals surface area contributed by atoms with Gasteiger partial charge in [-0.05, 0) is 28.1 Å². The zero-order valence-electron chi connectivity index (χ0n) is 5.00. The average molecular weight is 217 g/mol. The molecule has 0 radical (unpaired) electrons. The first-order chi connectivity index (χ1) is 4.72. The molecule has 2 nitrogen and oxygen atoms in total. The lowest BCUT2D eigenvalue weighted by Gasteiger charge is -1.96. The lowest BCUT2D eigenvalue weighted by atomic mass is 10.4. The Kier molecular flexibility index (Phi) is 2.45. The van der Waals surface area contributed by atoms with Crippen molar-refractivity contribution in [2.24, 2.45) is 0 Å². The zero-order valence-corrected chi connectivity index (χ0v) is 7.48. The molecule has 0 spiro atoms. The molecule has 52 valence electrons.